The van der Waals surface area contributed by atoms with Crippen LogP contribution in [0.2, 0.25) is 15.1 Å². The molecule has 0 amide bonds. The molecular formula is C14H6Cl3F3N2. The van der Waals surface area contributed by atoms with Crippen molar-refractivity contribution in [3.05, 3.63) is 50.6 Å². The fourth-order valence-corrected chi connectivity index (χ4v) is 2.53. The number of rotatable bonds is 2. The molecule has 2 nitrogen and oxygen atoms in total. The maximum atomic E-state index is 12.8. The van der Waals surface area contributed by atoms with Crippen molar-refractivity contribution in [1.82, 2.24) is 4.98 Å². The van der Waals surface area contributed by atoms with E-state index in [2.05, 4.69) is 4.98 Å². The van der Waals surface area contributed by atoms with Crippen molar-refractivity contribution in [2.24, 2.45) is 0 Å². The highest BCUT2D eigenvalue weighted by molar-refractivity contribution is 6.45. The van der Waals surface area contributed by atoms with Crippen molar-refractivity contribution in [2.75, 3.05) is 0 Å². The van der Waals surface area contributed by atoms with Crippen LogP contribution in [0, 0.1) is 11.3 Å². The van der Waals surface area contributed by atoms with E-state index in [0.29, 0.717) is 5.56 Å². The minimum atomic E-state index is -4.62. The standard InChI is InChI=1S/C14H6Cl3F3N2/c15-8-5-9(12(17)10(16)6-8)13-7(3-4-21)1-2-11(22-13)14(18,19)20/h1-2,5-6H,3H2. The predicted molar refractivity (Wildman–Crippen MR) is 79.0 cm³/mol. The second kappa shape index (κ2) is 6.33. The molecule has 0 aliphatic rings. The first-order chi connectivity index (χ1) is 10.2. The smallest absolute Gasteiger partial charge is 0.243 e. The van der Waals surface area contributed by atoms with Crippen LogP contribution in [0.15, 0.2) is 24.3 Å². The summed E-state index contributed by atoms with van der Waals surface area (Å²) < 4.78 is 38.5. The molecule has 0 fully saturated rings. The molecule has 0 saturated heterocycles. The molecule has 0 unspecified atom stereocenters. The highest BCUT2D eigenvalue weighted by Gasteiger charge is 2.33. The van der Waals surface area contributed by atoms with Crippen molar-refractivity contribution >= 4 is 34.8 Å². The first-order valence-corrected chi connectivity index (χ1v) is 6.96. The van der Waals surface area contributed by atoms with Gasteiger partial charge in [0.1, 0.15) is 5.69 Å². The molecule has 0 radical (unpaired) electrons. The van der Waals surface area contributed by atoms with Crippen LogP contribution >= 0.6 is 34.8 Å². The van der Waals surface area contributed by atoms with Crippen LogP contribution in [0.4, 0.5) is 13.2 Å². The van der Waals surface area contributed by atoms with E-state index >= 15 is 0 Å². The zero-order valence-electron chi connectivity index (χ0n) is 10.7. The Labute approximate surface area is 139 Å². The first-order valence-electron chi connectivity index (χ1n) is 5.83. The van der Waals surface area contributed by atoms with E-state index < -0.39 is 11.9 Å². The second-order valence-corrected chi connectivity index (χ2v) is 5.51. The van der Waals surface area contributed by atoms with Crippen LogP contribution in [0.25, 0.3) is 11.3 Å². The molecule has 0 aliphatic carbocycles. The molecule has 1 aromatic heterocycles. The van der Waals surface area contributed by atoms with Gasteiger partial charge in [0.05, 0.1) is 28.2 Å². The lowest BCUT2D eigenvalue weighted by atomic mass is 10.0. The Morgan fingerprint density at radius 1 is 1.14 bits per heavy atom. The normalized spacial score (nSPS) is 11.3. The molecule has 1 heterocycles. The quantitative estimate of drug-likeness (QED) is 0.631. The van der Waals surface area contributed by atoms with E-state index in [1.54, 1.807) is 0 Å². The van der Waals surface area contributed by atoms with E-state index in [-0.39, 0.29) is 32.7 Å². The maximum absolute atomic E-state index is 12.8. The summed E-state index contributed by atoms with van der Waals surface area (Å²) >= 11 is 17.8. The number of aromatic nitrogens is 1. The zero-order chi connectivity index (χ0) is 16.5. The Bertz CT molecular complexity index is 767. The molecular weight excluding hydrogens is 360 g/mol. The largest absolute Gasteiger partial charge is 0.433 e. The highest BCUT2D eigenvalue weighted by atomic mass is 35.5. The molecule has 8 heteroatoms. The van der Waals surface area contributed by atoms with Gasteiger partial charge < -0.3 is 0 Å². The van der Waals surface area contributed by atoms with Crippen molar-refractivity contribution in [1.29, 1.82) is 5.26 Å². The molecule has 0 spiro atoms. The first kappa shape index (κ1) is 16.9. The third kappa shape index (κ3) is 3.46. The van der Waals surface area contributed by atoms with Gasteiger partial charge >= 0.3 is 6.18 Å². The van der Waals surface area contributed by atoms with Crippen molar-refractivity contribution in [2.45, 2.75) is 12.6 Å². The lowest BCUT2D eigenvalue weighted by Gasteiger charge is -2.13. The number of halogens is 6. The number of benzene rings is 1. The van der Waals surface area contributed by atoms with Crippen LogP contribution in [0.5, 0.6) is 0 Å². The summed E-state index contributed by atoms with van der Waals surface area (Å²) in [5.74, 6) is 0. The van der Waals surface area contributed by atoms with Crippen molar-refractivity contribution in [3.63, 3.8) is 0 Å². The summed E-state index contributed by atoms with van der Waals surface area (Å²) in [7, 11) is 0. The van der Waals surface area contributed by atoms with Gasteiger partial charge in [0.25, 0.3) is 0 Å². The number of alkyl halides is 3. The Kier molecular flexibility index (Phi) is 4.86. The fourth-order valence-electron chi connectivity index (χ4n) is 1.84. The van der Waals surface area contributed by atoms with Crippen molar-refractivity contribution in [3.8, 4) is 17.3 Å². The molecule has 1 aromatic carbocycles. The van der Waals surface area contributed by atoms with Crippen LogP contribution in [-0.2, 0) is 12.6 Å². The minimum absolute atomic E-state index is 0.0251. The third-order valence-corrected chi connectivity index (χ3v) is 3.81. The third-order valence-electron chi connectivity index (χ3n) is 2.79. The lowest BCUT2D eigenvalue weighted by molar-refractivity contribution is -0.141. The topological polar surface area (TPSA) is 36.7 Å². The van der Waals surface area contributed by atoms with Gasteiger partial charge in [-0.1, -0.05) is 40.9 Å². The number of hydrogen-bond donors (Lipinski definition) is 0. The van der Waals surface area contributed by atoms with Crippen molar-refractivity contribution < 1.29 is 13.2 Å². The summed E-state index contributed by atoms with van der Waals surface area (Å²) in [4.78, 5) is 3.60. The molecule has 2 rings (SSSR count). The monoisotopic (exact) mass is 364 g/mol. The average Bonchev–Trinajstić information content (AvgIpc) is 2.42. The molecule has 0 aliphatic heterocycles. The molecule has 114 valence electrons. The summed E-state index contributed by atoms with van der Waals surface area (Å²) in [5.41, 5.74) is -0.701. The van der Waals surface area contributed by atoms with Gasteiger partial charge in [-0.15, -0.1) is 0 Å². The molecule has 0 bridgehead atoms. The van der Waals surface area contributed by atoms with Crippen LogP contribution in [0.3, 0.4) is 0 Å². The summed E-state index contributed by atoms with van der Waals surface area (Å²) in [6.45, 7) is 0. The maximum Gasteiger partial charge on any atom is 0.433 e. The van der Waals surface area contributed by atoms with E-state index in [9.17, 15) is 13.2 Å². The number of hydrogen-bond acceptors (Lipinski definition) is 2. The van der Waals surface area contributed by atoms with E-state index in [1.807, 2.05) is 6.07 Å². The average molecular weight is 366 g/mol. The summed E-state index contributed by atoms with van der Waals surface area (Å²) in [6, 6.07) is 6.61. The van der Waals surface area contributed by atoms with Gasteiger partial charge in [0, 0.05) is 10.6 Å². The summed E-state index contributed by atoms with van der Waals surface area (Å²) in [5, 5.41) is 9.13. The fraction of sp³-hybridized carbons (Fsp3) is 0.143. The van der Waals surface area contributed by atoms with E-state index in [4.69, 9.17) is 40.1 Å². The summed E-state index contributed by atoms with van der Waals surface area (Å²) in [6.07, 6.45) is -4.74. The van der Waals surface area contributed by atoms with Gasteiger partial charge in [0.15, 0.2) is 0 Å². The predicted octanol–water partition coefficient (Wildman–Crippen LogP) is 5.79. The second-order valence-electron chi connectivity index (χ2n) is 4.29. The highest BCUT2D eigenvalue weighted by Crippen LogP contribution is 2.38. The van der Waals surface area contributed by atoms with Crippen LogP contribution < -0.4 is 0 Å². The number of pyridine rings is 1. The molecule has 0 atom stereocenters. The Morgan fingerprint density at radius 3 is 2.41 bits per heavy atom. The van der Waals surface area contributed by atoms with Crippen LogP contribution in [0.1, 0.15) is 11.3 Å². The van der Waals surface area contributed by atoms with E-state index in [0.717, 1.165) is 6.07 Å². The van der Waals surface area contributed by atoms with Crippen LogP contribution in [-0.4, -0.2) is 4.98 Å². The van der Waals surface area contributed by atoms with Gasteiger partial charge in [-0.05, 0) is 23.8 Å². The molecule has 22 heavy (non-hydrogen) atoms. The number of nitriles is 1. The van der Waals surface area contributed by atoms with Gasteiger partial charge in [0.2, 0.25) is 0 Å². The molecule has 0 N–H and O–H groups in total. The lowest BCUT2D eigenvalue weighted by Crippen LogP contribution is -2.09. The Morgan fingerprint density at radius 2 is 1.82 bits per heavy atom. The molecule has 2 aromatic rings. The minimum Gasteiger partial charge on any atom is -0.243 e. The van der Waals surface area contributed by atoms with Gasteiger partial charge in [-0.25, -0.2) is 4.98 Å². The Hall–Kier alpha value is -1.48. The van der Waals surface area contributed by atoms with Gasteiger partial charge in [-0.3, -0.25) is 0 Å². The SMILES string of the molecule is N#CCc1ccc(C(F)(F)F)nc1-c1cc(Cl)cc(Cl)c1Cl. The number of nitrogens with zero attached hydrogens (tertiary/aromatic N) is 2. The van der Waals surface area contributed by atoms with Gasteiger partial charge in [-0.2, -0.15) is 18.4 Å². The zero-order valence-corrected chi connectivity index (χ0v) is 12.9. The van der Waals surface area contributed by atoms with E-state index in [1.165, 1.54) is 18.2 Å². The molecule has 0 saturated carbocycles. The Balaban J connectivity index is 2.74.